The fraction of sp³-hybridized carbons (Fsp3) is 0.357. The predicted molar refractivity (Wildman–Crippen MR) is 92.7 cm³/mol. The van der Waals surface area contributed by atoms with Crippen molar-refractivity contribution in [2.24, 2.45) is 0 Å². The van der Waals surface area contributed by atoms with E-state index in [4.69, 9.17) is 4.74 Å². The zero-order chi connectivity index (χ0) is 13.9. The van der Waals surface area contributed by atoms with Crippen LogP contribution in [-0.2, 0) is 0 Å². The molecule has 102 valence electrons. The van der Waals surface area contributed by atoms with E-state index in [0.29, 0.717) is 5.56 Å². The summed E-state index contributed by atoms with van der Waals surface area (Å²) in [7, 11) is 1.62. The van der Waals surface area contributed by atoms with Gasteiger partial charge in [0.2, 0.25) is 0 Å². The lowest BCUT2D eigenvalue weighted by molar-refractivity contribution is 0.104. The molecule has 0 spiro atoms. The number of hydrogen-bond donors (Lipinski definition) is 0. The Balaban J connectivity index is 2.08. The van der Waals surface area contributed by atoms with E-state index in [1.165, 1.54) is 0 Å². The molecule has 1 saturated heterocycles. The summed E-state index contributed by atoms with van der Waals surface area (Å²) >= 11 is 6.00. The van der Waals surface area contributed by atoms with Gasteiger partial charge in [-0.2, -0.15) is 0 Å². The number of rotatable bonds is 4. The number of carbonyl (C=O) groups is 1. The number of methoxy groups -OCH3 is 1. The lowest BCUT2D eigenvalue weighted by Gasteiger charge is -2.16. The number of ether oxygens (including phenoxy) is 1. The molecule has 1 heterocycles. The summed E-state index contributed by atoms with van der Waals surface area (Å²) in [5, 5.41) is 0. The van der Waals surface area contributed by atoms with Crippen molar-refractivity contribution in [3.8, 4) is 5.75 Å². The van der Waals surface area contributed by atoms with Gasteiger partial charge < -0.3 is 4.74 Å². The molecule has 1 aliphatic rings. The SMILES string of the molecule is COc1ccc(C(=O)/C=C2/SC[C@@](C)(CI)S2)cc1. The van der Waals surface area contributed by atoms with Gasteiger partial charge in [0, 0.05) is 30.8 Å². The molecular weight excluding hydrogens is 391 g/mol. The number of thioether (sulfide) groups is 2. The summed E-state index contributed by atoms with van der Waals surface area (Å²) in [6.07, 6.45) is 1.76. The minimum atomic E-state index is 0.0651. The van der Waals surface area contributed by atoms with E-state index < -0.39 is 0 Å². The lowest BCUT2D eigenvalue weighted by Crippen LogP contribution is -2.20. The zero-order valence-electron chi connectivity index (χ0n) is 10.8. The van der Waals surface area contributed by atoms with Crippen molar-refractivity contribution in [2.75, 3.05) is 17.3 Å². The molecule has 5 heteroatoms. The van der Waals surface area contributed by atoms with E-state index in [2.05, 4.69) is 29.5 Å². The molecule has 2 rings (SSSR count). The smallest absolute Gasteiger partial charge is 0.187 e. The maximum absolute atomic E-state index is 12.2. The summed E-state index contributed by atoms with van der Waals surface area (Å²) in [6, 6.07) is 7.24. The summed E-state index contributed by atoms with van der Waals surface area (Å²) in [5.41, 5.74) is 0.706. The first-order chi connectivity index (χ1) is 9.06. The van der Waals surface area contributed by atoms with E-state index in [9.17, 15) is 4.79 Å². The van der Waals surface area contributed by atoms with Crippen LogP contribution in [0, 0.1) is 0 Å². The van der Waals surface area contributed by atoms with Crippen LogP contribution in [0.5, 0.6) is 5.75 Å². The highest BCUT2D eigenvalue weighted by molar-refractivity contribution is 14.1. The van der Waals surface area contributed by atoms with E-state index >= 15 is 0 Å². The van der Waals surface area contributed by atoms with Gasteiger partial charge in [0.25, 0.3) is 0 Å². The van der Waals surface area contributed by atoms with Crippen LogP contribution >= 0.6 is 46.1 Å². The van der Waals surface area contributed by atoms with Crippen LogP contribution in [0.1, 0.15) is 17.3 Å². The highest BCUT2D eigenvalue weighted by atomic mass is 127. The second kappa shape index (κ2) is 6.54. The molecule has 0 bridgehead atoms. The van der Waals surface area contributed by atoms with Crippen molar-refractivity contribution in [3.63, 3.8) is 0 Å². The van der Waals surface area contributed by atoms with Gasteiger partial charge in [-0.15, -0.1) is 23.5 Å². The molecule has 0 N–H and O–H groups in total. The third kappa shape index (κ3) is 3.92. The second-order valence-electron chi connectivity index (χ2n) is 4.53. The molecule has 0 radical (unpaired) electrons. The van der Waals surface area contributed by atoms with Crippen LogP contribution < -0.4 is 4.74 Å². The van der Waals surface area contributed by atoms with Crippen LogP contribution in [0.3, 0.4) is 0 Å². The monoisotopic (exact) mass is 406 g/mol. The van der Waals surface area contributed by atoms with E-state index in [1.54, 1.807) is 37.1 Å². The highest BCUT2D eigenvalue weighted by Crippen LogP contribution is 2.49. The van der Waals surface area contributed by atoms with Gasteiger partial charge in [-0.25, -0.2) is 0 Å². The number of carbonyl (C=O) groups excluding carboxylic acids is 1. The summed E-state index contributed by atoms with van der Waals surface area (Å²) in [5.74, 6) is 1.91. The lowest BCUT2D eigenvalue weighted by atomic mass is 10.1. The normalized spacial score (nSPS) is 24.7. The molecule has 0 saturated carbocycles. The molecule has 2 nitrogen and oxygen atoms in total. The van der Waals surface area contributed by atoms with Crippen molar-refractivity contribution < 1.29 is 9.53 Å². The molecule has 0 amide bonds. The Morgan fingerprint density at radius 1 is 1.47 bits per heavy atom. The minimum absolute atomic E-state index is 0.0651. The predicted octanol–water partition coefficient (Wildman–Crippen LogP) is 4.39. The Bertz CT molecular complexity index is 499. The molecule has 1 atom stereocenters. The molecule has 1 aromatic rings. The van der Waals surface area contributed by atoms with Crippen LogP contribution in [0.2, 0.25) is 0 Å². The van der Waals surface area contributed by atoms with Gasteiger partial charge in [-0.1, -0.05) is 22.6 Å². The second-order valence-corrected chi connectivity index (χ2v) is 8.20. The number of hydrogen-bond acceptors (Lipinski definition) is 4. The number of alkyl halides is 1. The Morgan fingerprint density at radius 3 is 2.68 bits per heavy atom. The Kier molecular flexibility index (Phi) is 5.25. The number of halogens is 1. The molecule has 19 heavy (non-hydrogen) atoms. The standard InChI is InChI=1S/C14H15IO2S2/c1-14(8-15)9-18-13(19-14)7-12(16)10-3-5-11(17-2)6-4-10/h3-7H,8-9H2,1-2H3/b13-7-/t14-/m1/s1. The van der Waals surface area contributed by atoms with Gasteiger partial charge in [-0.05, 0) is 31.2 Å². The first-order valence-corrected chi connectivity index (χ1v) is 9.17. The average molecular weight is 406 g/mol. The van der Waals surface area contributed by atoms with Crippen molar-refractivity contribution in [1.82, 2.24) is 0 Å². The number of allylic oxidation sites excluding steroid dienone is 1. The molecule has 0 aromatic heterocycles. The maximum atomic E-state index is 12.2. The largest absolute Gasteiger partial charge is 0.497 e. The summed E-state index contributed by atoms with van der Waals surface area (Å²) < 4.78 is 7.57. The van der Waals surface area contributed by atoms with Gasteiger partial charge in [0.05, 0.1) is 7.11 Å². The Labute approximate surface area is 135 Å². The van der Waals surface area contributed by atoms with Gasteiger partial charge in [0.15, 0.2) is 5.78 Å². The van der Waals surface area contributed by atoms with Crippen molar-refractivity contribution in [3.05, 3.63) is 40.1 Å². The van der Waals surface area contributed by atoms with Crippen LogP contribution in [-0.4, -0.2) is 27.8 Å². The fourth-order valence-electron chi connectivity index (χ4n) is 1.61. The average Bonchev–Trinajstić information content (AvgIpc) is 2.81. The summed E-state index contributed by atoms with van der Waals surface area (Å²) in [4.78, 5) is 12.2. The fourth-order valence-corrected chi connectivity index (χ4v) is 5.59. The quantitative estimate of drug-likeness (QED) is 0.321. The molecule has 1 aliphatic heterocycles. The maximum Gasteiger partial charge on any atom is 0.187 e. The Hall–Kier alpha value is -0.140. The van der Waals surface area contributed by atoms with Gasteiger partial charge >= 0.3 is 0 Å². The van der Waals surface area contributed by atoms with Crippen LogP contribution in [0.4, 0.5) is 0 Å². The van der Waals surface area contributed by atoms with Crippen LogP contribution in [0.15, 0.2) is 34.6 Å². The molecular formula is C14H15IO2S2. The molecule has 1 fully saturated rings. The molecule has 1 aromatic carbocycles. The third-order valence-electron chi connectivity index (χ3n) is 2.77. The van der Waals surface area contributed by atoms with Crippen molar-refractivity contribution >= 4 is 51.9 Å². The summed E-state index contributed by atoms with van der Waals surface area (Å²) in [6.45, 7) is 2.25. The number of ketones is 1. The minimum Gasteiger partial charge on any atom is -0.497 e. The van der Waals surface area contributed by atoms with Gasteiger partial charge in [-0.3, -0.25) is 4.79 Å². The van der Waals surface area contributed by atoms with E-state index in [1.807, 2.05) is 23.9 Å². The molecule has 0 aliphatic carbocycles. The van der Waals surface area contributed by atoms with Crippen molar-refractivity contribution in [1.29, 1.82) is 0 Å². The topological polar surface area (TPSA) is 26.3 Å². The Morgan fingerprint density at radius 2 is 2.16 bits per heavy atom. The van der Waals surface area contributed by atoms with Crippen LogP contribution in [0.25, 0.3) is 0 Å². The first-order valence-electron chi connectivity index (χ1n) is 5.84. The van der Waals surface area contributed by atoms with E-state index in [0.717, 1.165) is 20.2 Å². The zero-order valence-corrected chi connectivity index (χ0v) is 14.6. The van der Waals surface area contributed by atoms with E-state index in [-0.39, 0.29) is 10.5 Å². The number of benzene rings is 1. The third-order valence-corrected chi connectivity index (χ3v) is 8.04. The molecule has 0 unspecified atom stereocenters. The highest BCUT2D eigenvalue weighted by Gasteiger charge is 2.32. The van der Waals surface area contributed by atoms with Gasteiger partial charge in [0.1, 0.15) is 5.75 Å². The first kappa shape index (κ1) is 15.3. The van der Waals surface area contributed by atoms with Crippen molar-refractivity contribution in [2.45, 2.75) is 11.7 Å².